The maximum absolute atomic E-state index is 11.6. The number of nitrogens with one attached hydrogen (secondary N) is 1. The minimum atomic E-state index is -0.938. The number of rotatable bonds is 3. The minimum absolute atomic E-state index is 0.268. The molecule has 5 rings (SSSR count). The highest BCUT2D eigenvalue weighted by Crippen LogP contribution is 2.35. The summed E-state index contributed by atoms with van der Waals surface area (Å²) in [6.07, 6.45) is 0. The fraction of sp³-hybridized carbons (Fsp3) is 0.0800. The van der Waals surface area contributed by atoms with Crippen molar-refractivity contribution in [1.29, 1.82) is 0 Å². The summed E-state index contributed by atoms with van der Waals surface area (Å²) in [5.41, 5.74) is 6.01. The van der Waals surface area contributed by atoms with Crippen LogP contribution in [-0.4, -0.2) is 16.1 Å². The Morgan fingerprint density at radius 3 is 2.41 bits per heavy atom. The number of carboxylic acids is 1. The van der Waals surface area contributed by atoms with Crippen molar-refractivity contribution >= 4 is 27.7 Å². The van der Waals surface area contributed by atoms with Gasteiger partial charge in [0, 0.05) is 16.6 Å². The third kappa shape index (κ3) is 2.81. The van der Waals surface area contributed by atoms with E-state index in [0.717, 1.165) is 50.0 Å². The van der Waals surface area contributed by atoms with Gasteiger partial charge in [0.25, 0.3) is 0 Å². The molecule has 0 radical (unpaired) electrons. The van der Waals surface area contributed by atoms with E-state index in [9.17, 15) is 9.90 Å². The van der Waals surface area contributed by atoms with Gasteiger partial charge in [-0.05, 0) is 66.1 Å². The molecule has 3 aromatic carbocycles. The first kappa shape index (κ1) is 17.3. The summed E-state index contributed by atoms with van der Waals surface area (Å²) >= 11 is 0. The Bertz CT molecular complexity index is 1370. The van der Waals surface area contributed by atoms with Crippen LogP contribution in [-0.2, 0) is 0 Å². The van der Waals surface area contributed by atoms with Crippen LogP contribution in [0.1, 0.15) is 21.5 Å². The number of hydrogen-bond acceptors (Lipinski definition) is 2. The number of fused-ring (bicyclic) bond motifs is 2. The predicted molar refractivity (Wildman–Crippen MR) is 115 cm³/mol. The maximum Gasteiger partial charge on any atom is 0.335 e. The van der Waals surface area contributed by atoms with Crippen LogP contribution >= 0.6 is 0 Å². The Morgan fingerprint density at radius 1 is 0.862 bits per heavy atom. The number of carboxylic acid groups (broad SMARTS) is 1. The number of aromatic nitrogens is 1. The van der Waals surface area contributed by atoms with Crippen molar-refractivity contribution in [2.24, 2.45) is 0 Å². The summed E-state index contributed by atoms with van der Waals surface area (Å²) in [6.45, 7) is 4.11. The van der Waals surface area contributed by atoms with Crippen LogP contribution in [0.3, 0.4) is 0 Å². The van der Waals surface area contributed by atoms with E-state index >= 15 is 0 Å². The van der Waals surface area contributed by atoms with E-state index in [1.165, 1.54) is 5.56 Å². The molecule has 0 saturated carbocycles. The van der Waals surface area contributed by atoms with Gasteiger partial charge in [0.2, 0.25) is 0 Å². The number of aromatic carboxylic acids is 1. The van der Waals surface area contributed by atoms with Gasteiger partial charge in [-0.25, -0.2) is 4.79 Å². The van der Waals surface area contributed by atoms with Crippen molar-refractivity contribution in [2.45, 2.75) is 13.8 Å². The standard InChI is InChI=1S/C25H19NO3/c1-14-7-8-15(2)24-19(14)13-23(29-24)22-10-9-21(26-22)20-12-17(25(27)28)11-16-5-3-4-6-18(16)20/h3-13,26H,1-2H3,(H,27,28). The second kappa shape index (κ2) is 6.38. The van der Waals surface area contributed by atoms with Crippen LogP contribution in [0.25, 0.3) is 44.5 Å². The molecule has 2 heterocycles. The molecule has 0 bridgehead atoms. The van der Waals surface area contributed by atoms with Crippen molar-refractivity contribution in [3.05, 3.63) is 83.4 Å². The van der Waals surface area contributed by atoms with Crippen LogP contribution in [0.5, 0.6) is 0 Å². The molecule has 0 atom stereocenters. The van der Waals surface area contributed by atoms with Crippen molar-refractivity contribution < 1.29 is 14.3 Å². The SMILES string of the molecule is Cc1ccc(C)c2oc(-c3ccc(-c4cc(C(=O)O)cc5ccccc45)[nH]3)cc12. The Balaban J connectivity index is 1.67. The van der Waals surface area contributed by atoms with Gasteiger partial charge in [-0.2, -0.15) is 0 Å². The molecule has 2 aromatic heterocycles. The van der Waals surface area contributed by atoms with Gasteiger partial charge in [0.1, 0.15) is 5.58 Å². The molecular formula is C25H19NO3. The summed E-state index contributed by atoms with van der Waals surface area (Å²) in [6, 6.07) is 21.4. The molecule has 0 amide bonds. The van der Waals surface area contributed by atoms with Crippen LogP contribution in [0.4, 0.5) is 0 Å². The lowest BCUT2D eigenvalue weighted by molar-refractivity contribution is 0.0697. The molecule has 0 spiro atoms. The Hall–Kier alpha value is -3.79. The van der Waals surface area contributed by atoms with Gasteiger partial charge in [-0.3, -0.25) is 0 Å². The highest BCUT2D eigenvalue weighted by Gasteiger charge is 2.15. The summed E-state index contributed by atoms with van der Waals surface area (Å²) in [5.74, 6) is -0.172. The molecule has 4 nitrogen and oxygen atoms in total. The molecule has 0 aliphatic carbocycles. The van der Waals surface area contributed by atoms with Crippen molar-refractivity contribution in [3.63, 3.8) is 0 Å². The third-order valence-electron chi connectivity index (χ3n) is 5.45. The van der Waals surface area contributed by atoms with E-state index in [2.05, 4.69) is 30.1 Å². The molecule has 0 saturated heterocycles. The average Bonchev–Trinajstić information content (AvgIpc) is 3.38. The van der Waals surface area contributed by atoms with Gasteiger partial charge >= 0.3 is 5.97 Å². The molecule has 0 fully saturated rings. The minimum Gasteiger partial charge on any atom is -0.478 e. The third-order valence-corrected chi connectivity index (χ3v) is 5.45. The molecule has 29 heavy (non-hydrogen) atoms. The van der Waals surface area contributed by atoms with E-state index in [-0.39, 0.29) is 5.56 Å². The van der Waals surface area contributed by atoms with Crippen molar-refractivity contribution in [1.82, 2.24) is 4.98 Å². The number of furan rings is 1. The Kier molecular flexibility index (Phi) is 3.81. The van der Waals surface area contributed by atoms with E-state index < -0.39 is 5.97 Å². The highest BCUT2D eigenvalue weighted by atomic mass is 16.4. The van der Waals surface area contributed by atoms with Crippen LogP contribution < -0.4 is 0 Å². The fourth-order valence-electron chi connectivity index (χ4n) is 3.88. The normalized spacial score (nSPS) is 11.4. The molecule has 0 aliphatic heterocycles. The molecule has 5 aromatic rings. The van der Waals surface area contributed by atoms with Crippen LogP contribution in [0, 0.1) is 13.8 Å². The van der Waals surface area contributed by atoms with Gasteiger partial charge in [-0.1, -0.05) is 36.4 Å². The van der Waals surface area contributed by atoms with E-state index in [1.807, 2.05) is 43.3 Å². The number of benzene rings is 3. The van der Waals surface area contributed by atoms with Crippen LogP contribution in [0.15, 0.2) is 71.1 Å². The lowest BCUT2D eigenvalue weighted by Gasteiger charge is -2.07. The van der Waals surface area contributed by atoms with E-state index in [4.69, 9.17) is 4.42 Å². The summed E-state index contributed by atoms with van der Waals surface area (Å²) < 4.78 is 6.14. The number of carbonyl (C=O) groups is 1. The summed E-state index contributed by atoms with van der Waals surface area (Å²) in [4.78, 5) is 15.0. The van der Waals surface area contributed by atoms with Gasteiger partial charge in [0.15, 0.2) is 5.76 Å². The second-order valence-electron chi connectivity index (χ2n) is 7.39. The summed E-state index contributed by atoms with van der Waals surface area (Å²) in [5, 5.41) is 12.5. The lowest BCUT2D eigenvalue weighted by Crippen LogP contribution is -1.97. The number of aryl methyl sites for hydroxylation is 2. The topological polar surface area (TPSA) is 66.2 Å². The van der Waals surface area contributed by atoms with E-state index in [0.29, 0.717) is 0 Å². The predicted octanol–water partition coefficient (Wildman–Crippen LogP) is 6.56. The van der Waals surface area contributed by atoms with Crippen molar-refractivity contribution in [2.75, 3.05) is 0 Å². The quantitative estimate of drug-likeness (QED) is 0.372. The highest BCUT2D eigenvalue weighted by molar-refractivity contribution is 6.02. The largest absolute Gasteiger partial charge is 0.478 e. The Labute approximate surface area is 167 Å². The van der Waals surface area contributed by atoms with Gasteiger partial charge < -0.3 is 14.5 Å². The smallest absolute Gasteiger partial charge is 0.335 e. The van der Waals surface area contributed by atoms with E-state index in [1.54, 1.807) is 12.1 Å². The first-order valence-electron chi connectivity index (χ1n) is 9.47. The lowest BCUT2D eigenvalue weighted by atomic mass is 9.99. The molecule has 4 heteroatoms. The molecule has 0 aliphatic rings. The zero-order valence-corrected chi connectivity index (χ0v) is 16.1. The first-order valence-corrected chi connectivity index (χ1v) is 9.47. The van der Waals surface area contributed by atoms with Gasteiger partial charge in [-0.15, -0.1) is 0 Å². The molecule has 0 unspecified atom stereocenters. The molecule has 142 valence electrons. The monoisotopic (exact) mass is 381 g/mol. The average molecular weight is 381 g/mol. The molecular weight excluding hydrogens is 362 g/mol. The summed E-state index contributed by atoms with van der Waals surface area (Å²) in [7, 11) is 0. The molecule has 2 N–H and O–H groups in total. The first-order chi connectivity index (χ1) is 14.0. The maximum atomic E-state index is 11.6. The Morgan fingerprint density at radius 2 is 1.62 bits per heavy atom. The fourth-order valence-corrected chi connectivity index (χ4v) is 3.88. The van der Waals surface area contributed by atoms with Crippen LogP contribution in [0.2, 0.25) is 0 Å². The number of hydrogen-bond donors (Lipinski definition) is 2. The number of H-pyrrole nitrogens is 1. The zero-order valence-electron chi connectivity index (χ0n) is 16.1. The van der Waals surface area contributed by atoms with Gasteiger partial charge in [0.05, 0.1) is 11.3 Å². The number of aromatic amines is 1. The van der Waals surface area contributed by atoms with Crippen molar-refractivity contribution in [3.8, 4) is 22.7 Å². The second-order valence-corrected chi connectivity index (χ2v) is 7.39. The zero-order chi connectivity index (χ0) is 20.1.